The molecule has 30 heavy (non-hydrogen) atoms. The van der Waals surface area contributed by atoms with Crippen LogP contribution in [0.4, 0.5) is 4.39 Å². The Morgan fingerprint density at radius 2 is 2.07 bits per heavy atom. The molecule has 0 N–H and O–H groups in total. The summed E-state index contributed by atoms with van der Waals surface area (Å²) in [6, 6.07) is 13.6. The normalized spacial score (nSPS) is 17.6. The second kappa shape index (κ2) is 7.90. The number of halogens is 1. The lowest BCUT2D eigenvalue weighted by molar-refractivity contribution is -0.141. The highest BCUT2D eigenvalue weighted by Crippen LogP contribution is 2.38. The molecular weight excluding hydrogens is 387 g/mol. The zero-order chi connectivity index (χ0) is 21.3. The summed E-state index contributed by atoms with van der Waals surface area (Å²) in [5.41, 5.74) is 1.22. The van der Waals surface area contributed by atoms with Gasteiger partial charge in [0.2, 0.25) is 5.88 Å². The van der Waals surface area contributed by atoms with Gasteiger partial charge in [0.1, 0.15) is 30.3 Å². The number of aromatic nitrogens is 1. The third-order valence-corrected chi connectivity index (χ3v) is 4.87. The van der Waals surface area contributed by atoms with Crippen LogP contribution in [0.3, 0.4) is 0 Å². The van der Waals surface area contributed by atoms with Gasteiger partial charge >= 0.3 is 0 Å². The van der Waals surface area contributed by atoms with E-state index in [1.807, 2.05) is 19.9 Å². The summed E-state index contributed by atoms with van der Waals surface area (Å²) in [6.07, 6.45) is -0.247. The van der Waals surface area contributed by atoms with Gasteiger partial charge in [0.05, 0.1) is 13.7 Å². The van der Waals surface area contributed by atoms with Crippen molar-refractivity contribution in [3.63, 3.8) is 0 Å². The first kappa shape index (κ1) is 20.1. The number of methoxy groups -OCH3 is 1. The Labute approximate surface area is 173 Å². The Bertz CT molecular complexity index is 1140. The predicted molar refractivity (Wildman–Crippen MR) is 109 cm³/mol. The van der Waals surface area contributed by atoms with E-state index in [-0.39, 0.29) is 18.4 Å². The highest BCUT2D eigenvalue weighted by molar-refractivity contribution is 6.01. The maximum Gasteiger partial charge on any atom is 0.222 e. The molecule has 154 valence electrons. The molecule has 1 saturated heterocycles. The minimum Gasteiger partial charge on any atom is -0.497 e. The van der Waals surface area contributed by atoms with E-state index in [4.69, 9.17) is 18.9 Å². The van der Waals surface area contributed by atoms with Crippen molar-refractivity contribution in [3.8, 4) is 28.8 Å². The lowest BCUT2D eigenvalue weighted by Crippen LogP contribution is -2.25. The zero-order valence-corrected chi connectivity index (χ0v) is 16.9. The van der Waals surface area contributed by atoms with Crippen LogP contribution in [0, 0.1) is 17.1 Å². The van der Waals surface area contributed by atoms with Crippen LogP contribution in [0.15, 0.2) is 42.5 Å². The molecule has 0 radical (unpaired) electrons. The summed E-state index contributed by atoms with van der Waals surface area (Å²) in [5.74, 6) is -0.141. The Hall–Kier alpha value is -3.21. The first-order valence-electron chi connectivity index (χ1n) is 9.52. The Kier molecular flexibility index (Phi) is 5.29. The zero-order valence-electron chi connectivity index (χ0n) is 16.9. The molecule has 0 spiro atoms. The van der Waals surface area contributed by atoms with E-state index < -0.39 is 11.6 Å². The molecule has 0 amide bonds. The fourth-order valence-corrected chi connectivity index (χ4v) is 3.53. The molecule has 0 bridgehead atoms. The first-order chi connectivity index (χ1) is 14.4. The van der Waals surface area contributed by atoms with Crippen molar-refractivity contribution in [3.05, 3.63) is 54.0 Å². The van der Waals surface area contributed by atoms with Crippen LogP contribution in [0.25, 0.3) is 21.9 Å². The lowest BCUT2D eigenvalue weighted by Gasteiger charge is -2.18. The number of pyridine rings is 1. The Morgan fingerprint density at radius 3 is 2.73 bits per heavy atom. The van der Waals surface area contributed by atoms with Gasteiger partial charge in [-0.05, 0) is 49.7 Å². The molecule has 2 heterocycles. The molecule has 0 unspecified atom stereocenters. The standard InChI is InChI=1S/C23H21FN2O4/c1-23(2)29-13-17(30-23)12-28-22-18-8-7-16(27-3)10-19(18)21(20(11-25)26-22)14-5-4-6-15(24)9-14/h4-10,17H,12-13H2,1-3H3/t17-/m0/s1. The fourth-order valence-electron chi connectivity index (χ4n) is 3.53. The van der Waals surface area contributed by atoms with Gasteiger partial charge in [-0.15, -0.1) is 0 Å². The van der Waals surface area contributed by atoms with Crippen LogP contribution < -0.4 is 9.47 Å². The number of fused-ring (bicyclic) bond motifs is 1. The van der Waals surface area contributed by atoms with E-state index in [0.29, 0.717) is 40.1 Å². The highest BCUT2D eigenvalue weighted by atomic mass is 19.1. The average Bonchev–Trinajstić information content (AvgIpc) is 3.09. The fraction of sp³-hybridized carbons (Fsp3) is 0.304. The predicted octanol–water partition coefficient (Wildman–Crippen LogP) is 4.45. The Balaban J connectivity index is 1.81. The number of rotatable bonds is 5. The molecule has 0 aliphatic carbocycles. The van der Waals surface area contributed by atoms with E-state index in [1.165, 1.54) is 12.1 Å². The van der Waals surface area contributed by atoms with Gasteiger partial charge in [0.15, 0.2) is 11.5 Å². The Morgan fingerprint density at radius 1 is 1.23 bits per heavy atom. The van der Waals surface area contributed by atoms with Crippen LogP contribution in [0.1, 0.15) is 19.5 Å². The van der Waals surface area contributed by atoms with Crippen molar-refractivity contribution in [2.75, 3.05) is 20.3 Å². The van der Waals surface area contributed by atoms with Gasteiger partial charge in [0.25, 0.3) is 0 Å². The van der Waals surface area contributed by atoms with Gasteiger partial charge in [-0.3, -0.25) is 0 Å². The number of benzene rings is 2. The highest BCUT2D eigenvalue weighted by Gasteiger charge is 2.33. The minimum absolute atomic E-state index is 0.139. The van der Waals surface area contributed by atoms with Crippen molar-refractivity contribution < 1.29 is 23.3 Å². The van der Waals surface area contributed by atoms with Crippen molar-refractivity contribution in [1.29, 1.82) is 5.26 Å². The van der Waals surface area contributed by atoms with Crippen LogP contribution in [0.2, 0.25) is 0 Å². The first-order valence-corrected chi connectivity index (χ1v) is 9.52. The van der Waals surface area contributed by atoms with Gasteiger partial charge in [-0.2, -0.15) is 5.26 Å². The van der Waals surface area contributed by atoms with Crippen LogP contribution >= 0.6 is 0 Å². The van der Waals surface area contributed by atoms with Gasteiger partial charge < -0.3 is 18.9 Å². The minimum atomic E-state index is -0.657. The van der Waals surface area contributed by atoms with Crippen molar-refractivity contribution in [1.82, 2.24) is 4.98 Å². The number of ether oxygens (including phenoxy) is 4. The second-order valence-corrected chi connectivity index (χ2v) is 7.44. The molecule has 7 heteroatoms. The van der Waals surface area contributed by atoms with Gasteiger partial charge in [-0.1, -0.05) is 12.1 Å². The largest absolute Gasteiger partial charge is 0.497 e. The van der Waals surface area contributed by atoms with E-state index >= 15 is 0 Å². The topological polar surface area (TPSA) is 73.6 Å². The summed E-state index contributed by atoms with van der Waals surface area (Å²) in [6.45, 7) is 4.32. The molecule has 3 aromatic rings. The molecule has 2 aromatic carbocycles. The molecule has 4 rings (SSSR count). The molecule has 1 fully saturated rings. The number of nitrogens with zero attached hydrogens (tertiary/aromatic N) is 2. The SMILES string of the molecule is COc1ccc2c(OC[C@H]3COC(C)(C)O3)nc(C#N)c(-c3cccc(F)c3)c2c1. The second-order valence-electron chi connectivity index (χ2n) is 7.44. The molecule has 0 saturated carbocycles. The van der Waals surface area contributed by atoms with E-state index in [1.54, 1.807) is 31.4 Å². The summed E-state index contributed by atoms with van der Waals surface area (Å²) in [7, 11) is 1.56. The number of nitriles is 1. The maximum absolute atomic E-state index is 13.9. The quantitative estimate of drug-likeness (QED) is 0.621. The van der Waals surface area contributed by atoms with Gasteiger partial charge in [-0.25, -0.2) is 9.37 Å². The van der Waals surface area contributed by atoms with E-state index in [0.717, 1.165) is 0 Å². The monoisotopic (exact) mass is 408 g/mol. The van der Waals surface area contributed by atoms with Crippen molar-refractivity contribution in [2.45, 2.75) is 25.7 Å². The molecule has 6 nitrogen and oxygen atoms in total. The summed E-state index contributed by atoms with van der Waals surface area (Å²) in [4.78, 5) is 4.44. The summed E-state index contributed by atoms with van der Waals surface area (Å²) in [5, 5.41) is 11.1. The average molecular weight is 408 g/mol. The molecule has 1 aromatic heterocycles. The van der Waals surface area contributed by atoms with E-state index in [9.17, 15) is 9.65 Å². The number of hydrogen-bond donors (Lipinski definition) is 0. The molecule has 1 atom stereocenters. The smallest absolute Gasteiger partial charge is 0.222 e. The third kappa shape index (κ3) is 3.92. The third-order valence-electron chi connectivity index (χ3n) is 4.87. The maximum atomic E-state index is 13.9. The lowest BCUT2D eigenvalue weighted by atomic mass is 9.97. The molecular formula is C23H21FN2O4. The van der Waals surface area contributed by atoms with Crippen LogP contribution in [-0.4, -0.2) is 37.2 Å². The summed E-state index contributed by atoms with van der Waals surface area (Å²) < 4.78 is 36.5. The van der Waals surface area contributed by atoms with Crippen LogP contribution in [0.5, 0.6) is 11.6 Å². The molecule has 1 aliphatic rings. The van der Waals surface area contributed by atoms with Gasteiger partial charge in [0, 0.05) is 16.3 Å². The molecule has 1 aliphatic heterocycles. The summed E-state index contributed by atoms with van der Waals surface area (Å²) >= 11 is 0. The van der Waals surface area contributed by atoms with Crippen molar-refractivity contribution >= 4 is 10.8 Å². The van der Waals surface area contributed by atoms with Crippen LogP contribution in [-0.2, 0) is 9.47 Å². The van der Waals surface area contributed by atoms with Crippen molar-refractivity contribution in [2.24, 2.45) is 0 Å². The number of hydrogen-bond acceptors (Lipinski definition) is 6. The van der Waals surface area contributed by atoms with E-state index in [2.05, 4.69) is 11.1 Å².